The lowest BCUT2D eigenvalue weighted by atomic mass is 10.0. The molecule has 0 radical (unpaired) electrons. The first kappa shape index (κ1) is 46.6. The number of ether oxygens (including phenoxy) is 2. The molecule has 0 bridgehead atoms. The van der Waals surface area contributed by atoms with Crippen molar-refractivity contribution >= 4 is 11.9 Å². The van der Waals surface area contributed by atoms with Crippen molar-refractivity contribution in [2.24, 2.45) is 0 Å². The van der Waals surface area contributed by atoms with Gasteiger partial charge in [0, 0.05) is 12.8 Å². The van der Waals surface area contributed by atoms with Crippen LogP contribution in [0.5, 0.6) is 0 Å². The Morgan fingerprint density at radius 2 is 0.771 bits per heavy atom. The summed E-state index contributed by atoms with van der Waals surface area (Å²) in [4.78, 5) is 24.3. The first-order valence-electron chi connectivity index (χ1n) is 21.2. The molecule has 5 nitrogen and oxygen atoms in total. The van der Waals surface area contributed by atoms with Crippen LogP contribution in [0, 0.1) is 0 Å². The summed E-state index contributed by atoms with van der Waals surface area (Å²) in [5.74, 6) is -0.589. The molecule has 1 atom stereocenters. The van der Waals surface area contributed by atoms with Crippen LogP contribution in [-0.2, 0) is 19.1 Å². The molecule has 0 unspecified atom stereocenters. The summed E-state index contributed by atoms with van der Waals surface area (Å²) in [7, 11) is 0. The van der Waals surface area contributed by atoms with Crippen LogP contribution in [0.25, 0.3) is 0 Å². The number of hydrogen-bond acceptors (Lipinski definition) is 5. The Morgan fingerprint density at radius 3 is 1.15 bits per heavy atom. The Balaban J connectivity index is 3.47. The third kappa shape index (κ3) is 37.5. The Morgan fingerprint density at radius 1 is 0.458 bits per heavy atom. The van der Waals surface area contributed by atoms with E-state index in [-0.39, 0.29) is 25.2 Å². The minimum atomic E-state index is -0.769. The van der Waals surface area contributed by atoms with Crippen molar-refractivity contribution in [3.63, 3.8) is 0 Å². The fraction of sp³-hybridized carbons (Fsp3) is 0.907. The molecule has 0 aromatic rings. The van der Waals surface area contributed by atoms with E-state index in [2.05, 4.69) is 26.0 Å². The molecule has 0 aromatic carbocycles. The van der Waals surface area contributed by atoms with Crippen molar-refractivity contribution in [1.29, 1.82) is 0 Å². The second-order valence-corrected chi connectivity index (χ2v) is 14.4. The third-order valence-corrected chi connectivity index (χ3v) is 9.56. The minimum Gasteiger partial charge on any atom is -0.462 e. The number of aliphatic hydroxyl groups excluding tert-OH is 1. The highest BCUT2D eigenvalue weighted by molar-refractivity contribution is 5.70. The second kappa shape index (κ2) is 40.1. The zero-order valence-electron chi connectivity index (χ0n) is 32.3. The van der Waals surface area contributed by atoms with Gasteiger partial charge in [-0.05, 0) is 38.5 Å². The third-order valence-electron chi connectivity index (χ3n) is 9.56. The summed E-state index contributed by atoms with van der Waals surface area (Å²) >= 11 is 0. The Bertz CT molecular complexity index is 691. The minimum absolute atomic E-state index is 0.0630. The van der Waals surface area contributed by atoms with Gasteiger partial charge in [-0.1, -0.05) is 193 Å². The van der Waals surface area contributed by atoms with E-state index in [1.54, 1.807) is 0 Å². The van der Waals surface area contributed by atoms with Crippen molar-refractivity contribution in [2.45, 2.75) is 238 Å². The Kier molecular flexibility index (Phi) is 38.9. The van der Waals surface area contributed by atoms with E-state index in [0.29, 0.717) is 12.8 Å². The lowest BCUT2D eigenvalue weighted by molar-refractivity contribution is -0.161. The van der Waals surface area contributed by atoms with Gasteiger partial charge in [0.2, 0.25) is 0 Å². The molecule has 0 aliphatic heterocycles. The van der Waals surface area contributed by atoms with Crippen LogP contribution in [0.3, 0.4) is 0 Å². The van der Waals surface area contributed by atoms with Gasteiger partial charge in [-0.3, -0.25) is 9.59 Å². The van der Waals surface area contributed by atoms with Gasteiger partial charge in [0.05, 0.1) is 6.61 Å². The molecule has 0 heterocycles. The SMILES string of the molecule is CCCCCC/C=C\CCCCCCCC(=O)O[C@@H](CO)COC(=O)CCCCCCCCCCCCCCCCCCCCCCC. The lowest BCUT2D eigenvalue weighted by Crippen LogP contribution is -2.28. The molecule has 0 amide bonds. The molecular weight excluding hydrogens is 596 g/mol. The smallest absolute Gasteiger partial charge is 0.306 e. The topological polar surface area (TPSA) is 72.8 Å². The van der Waals surface area contributed by atoms with E-state index in [0.717, 1.165) is 38.5 Å². The molecule has 5 heteroatoms. The number of carbonyl (C=O) groups excluding carboxylic acids is 2. The Labute approximate surface area is 299 Å². The maximum atomic E-state index is 12.1. The van der Waals surface area contributed by atoms with Gasteiger partial charge in [0.25, 0.3) is 0 Å². The summed E-state index contributed by atoms with van der Waals surface area (Å²) < 4.78 is 10.6. The molecule has 0 rings (SSSR count). The molecule has 0 saturated carbocycles. The molecule has 0 aliphatic rings. The lowest BCUT2D eigenvalue weighted by Gasteiger charge is -2.15. The van der Waals surface area contributed by atoms with Crippen molar-refractivity contribution in [3.8, 4) is 0 Å². The van der Waals surface area contributed by atoms with Gasteiger partial charge in [-0.2, -0.15) is 0 Å². The summed E-state index contributed by atoms with van der Waals surface area (Å²) in [5, 5.41) is 9.55. The average molecular weight is 679 g/mol. The van der Waals surface area contributed by atoms with Crippen LogP contribution in [-0.4, -0.2) is 36.4 Å². The van der Waals surface area contributed by atoms with Crippen LogP contribution in [0.4, 0.5) is 0 Å². The van der Waals surface area contributed by atoms with E-state index in [1.165, 1.54) is 167 Å². The van der Waals surface area contributed by atoms with Gasteiger partial charge in [0.1, 0.15) is 6.61 Å². The van der Waals surface area contributed by atoms with Gasteiger partial charge >= 0.3 is 11.9 Å². The monoisotopic (exact) mass is 679 g/mol. The van der Waals surface area contributed by atoms with Crippen LogP contribution < -0.4 is 0 Å². The number of esters is 2. The van der Waals surface area contributed by atoms with E-state index >= 15 is 0 Å². The summed E-state index contributed by atoms with van der Waals surface area (Å²) in [6, 6.07) is 0. The molecule has 0 spiro atoms. The second-order valence-electron chi connectivity index (χ2n) is 14.4. The number of hydrogen-bond donors (Lipinski definition) is 1. The maximum Gasteiger partial charge on any atom is 0.306 e. The number of aliphatic hydroxyl groups is 1. The number of allylic oxidation sites excluding steroid dienone is 2. The fourth-order valence-electron chi connectivity index (χ4n) is 6.31. The predicted molar refractivity (Wildman–Crippen MR) is 205 cm³/mol. The molecule has 0 saturated heterocycles. The molecule has 48 heavy (non-hydrogen) atoms. The molecule has 0 aliphatic carbocycles. The number of unbranched alkanes of at least 4 members (excludes halogenated alkanes) is 29. The largest absolute Gasteiger partial charge is 0.462 e. The van der Waals surface area contributed by atoms with Crippen molar-refractivity contribution in [2.75, 3.05) is 13.2 Å². The zero-order valence-corrected chi connectivity index (χ0v) is 32.3. The molecule has 0 fully saturated rings. The van der Waals surface area contributed by atoms with E-state index in [1.807, 2.05) is 0 Å². The first-order valence-corrected chi connectivity index (χ1v) is 21.2. The van der Waals surface area contributed by atoms with Crippen molar-refractivity contribution < 1.29 is 24.2 Å². The van der Waals surface area contributed by atoms with Gasteiger partial charge < -0.3 is 14.6 Å². The predicted octanol–water partition coefficient (Wildman–Crippen LogP) is 13.3. The van der Waals surface area contributed by atoms with E-state index in [9.17, 15) is 14.7 Å². The summed E-state index contributed by atoms with van der Waals surface area (Å²) in [5.41, 5.74) is 0. The highest BCUT2D eigenvalue weighted by Gasteiger charge is 2.16. The van der Waals surface area contributed by atoms with Crippen molar-refractivity contribution in [3.05, 3.63) is 12.2 Å². The quantitative estimate of drug-likeness (QED) is 0.0398. The maximum absolute atomic E-state index is 12.1. The van der Waals surface area contributed by atoms with E-state index < -0.39 is 6.10 Å². The van der Waals surface area contributed by atoms with Gasteiger partial charge in [0.15, 0.2) is 6.10 Å². The van der Waals surface area contributed by atoms with Crippen LogP contribution in [0.15, 0.2) is 12.2 Å². The summed E-state index contributed by atoms with van der Waals surface area (Å²) in [6.45, 7) is 4.14. The molecule has 0 aromatic heterocycles. The molecule has 284 valence electrons. The van der Waals surface area contributed by atoms with Crippen molar-refractivity contribution in [1.82, 2.24) is 0 Å². The fourth-order valence-corrected chi connectivity index (χ4v) is 6.31. The van der Waals surface area contributed by atoms with Gasteiger partial charge in [-0.25, -0.2) is 0 Å². The first-order chi connectivity index (χ1) is 23.6. The molecule has 1 N–H and O–H groups in total. The van der Waals surface area contributed by atoms with Crippen LogP contribution in [0.2, 0.25) is 0 Å². The number of carbonyl (C=O) groups is 2. The standard InChI is InChI=1S/C43H82O5/c1-3-5-7-9-11-13-15-17-18-19-20-21-22-23-24-26-27-29-31-33-35-37-42(45)47-40-41(39-44)48-43(46)38-36-34-32-30-28-25-16-14-12-10-8-6-4-2/h14,16,41,44H,3-13,15,17-40H2,1-2H3/b16-14-/t41-/m0/s1. The normalized spacial score (nSPS) is 12.1. The number of rotatable bonds is 39. The highest BCUT2D eigenvalue weighted by atomic mass is 16.6. The van der Waals surface area contributed by atoms with Crippen LogP contribution in [0.1, 0.15) is 232 Å². The summed E-state index contributed by atoms with van der Waals surface area (Å²) in [6.07, 6.45) is 45.7. The molecular formula is C43H82O5. The van der Waals surface area contributed by atoms with Crippen LogP contribution >= 0.6 is 0 Å². The average Bonchev–Trinajstić information content (AvgIpc) is 3.09. The highest BCUT2D eigenvalue weighted by Crippen LogP contribution is 2.16. The van der Waals surface area contributed by atoms with Gasteiger partial charge in [-0.15, -0.1) is 0 Å². The van der Waals surface area contributed by atoms with E-state index in [4.69, 9.17) is 9.47 Å². The Hall–Kier alpha value is -1.36. The zero-order chi connectivity index (χ0) is 35.0.